The average molecular weight is 747 g/mol. The maximum Gasteiger partial charge on any atom is 0.407 e. The third kappa shape index (κ3) is 9.09. The first-order valence-electron chi connectivity index (χ1n) is 17.8. The van der Waals surface area contributed by atoms with Crippen molar-refractivity contribution in [3.05, 3.63) is 59.6 Å². The van der Waals surface area contributed by atoms with Gasteiger partial charge in [0.2, 0.25) is 11.8 Å². The van der Waals surface area contributed by atoms with Gasteiger partial charge in [-0.2, -0.15) is 0 Å². The van der Waals surface area contributed by atoms with E-state index in [0.717, 1.165) is 35.7 Å². The van der Waals surface area contributed by atoms with E-state index in [4.69, 9.17) is 14.2 Å². The van der Waals surface area contributed by atoms with Crippen molar-refractivity contribution in [2.24, 2.45) is 5.92 Å². The Morgan fingerprint density at radius 1 is 0.849 bits per heavy atom. The summed E-state index contributed by atoms with van der Waals surface area (Å²) >= 11 is 0. The minimum absolute atomic E-state index is 0.123. The molecule has 2 aliphatic rings. The number of ether oxygens (including phenoxy) is 3. The van der Waals surface area contributed by atoms with Gasteiger partial charge in [-0.15, -0.1) is 0 Å². The van der Waals surface area contributed by atoms with Crippen LogP contribution < -0.4 is 10.6 Å². The molecule has 0 bridgehead atoms. The van der Waals surface area contributed by atoms with Crippen LogP contribution in [0.5, 0.6) is 0 Å². The van der Waals surface area contributed by atoms with E-state index in [2.05, 4.69) is 55.5 Å². The molecule has 3 aromatic rings. The van der Waals surface area contributed by atoms with E-state index in [1.165, 1.54) is 21.3 Å². The number of imidazole rings is 2. The van der Waals surface area contributed by atoms with Gasteiger partial charge < -0.3 is 44.6 Å². The van der Waals surface area contributed by atoms with Crippen molar-refractivity contribution in [1.82, 2.24) is 40.4 Å². The Morgan fingerprint density at radius 2 is 1.47 bits per heavy atom. The highest BCUT2D eigenvalue weighted by Crippen LogP contribution is 2.37. The fourth-order valence-corrected chi connectivity index (χ4v) is 9.80. The second kappa shape index (κ2) is 16.7. The van der Waals surface area contributed by atoms with Crippen molar-refractivity contribution in [3.8, 4) is 23.1 Å². The molecule has 5 rings (SSSR count). The molecular weight excluding hydrogens is 697 g/mol. The molecule has 5 atom stereocenters. The summed E-state index contributed by atoms with van der Waals surface area (Å²) in [6.07, 6.45) is 3.73. The standard InChI is InChI=1S/C37H50N8O7Si/c1-22(2)30(42-36(48)51-5)34(46)45-21-53(7,8)20-29(45)33-38-18-26(40-33)16-13-24-11-14-25(15-12-24)27-19-39-32(41-27)28-10-9-17-44(28)35(47)31(23(3)50-4)43-37(49)52-6/h11-12,14-15,18-19,22-23,28-31H,9-10,17,20-21H2,1-8H3,(H,38,40)(H,39,41)(H,42,48)(H,43,49)/t23?,28-,29-,30-,31-/m0/s1. The molecule has 284 valence electrons. The molecule has 0 radical (unpaired) electrons. The Morgan fingerprint density at radius 3 is 2.11 bits per heavy atom. The van der Waals surface area contributed by atoms with Crippen molar-refractivity contribution >= 4 is 32.1 Å². The summed E-state index contributed by atoms with van der Waals surface area (Å²) in [5.41, 5.74) is 3.14. The van der Waals surface area contributed by atoms with Crippen molar-refractivity contribution in [1.29, 1.82) is 0 Å². The number of hydrogen-bond acceptors (Lipinski definition) is 9. The van der Waals surface area contributed by atoms with Crippen molar-refractivity contribution in [3.63, 3.8) is 0 Å². The van der Waals surface area contributed by atoms with Crippen LogP contribution in [0.3, 0.4) is 0 Å². The average Bonchev–Trinajstić information content (AvgIpc) is 3.97. The molecule has 1 unspecified atom stereocenters. The monoisotopic (exact) mass is 746 g/mol. The summed E-state index contributed by atoms with van der Waals surface area (Å²) in [6.45, 7) is 10.5. The van der Waals surface area contributed by atoms with E-state index in [1.807, 2.05) is 43.0 Å². The number of aromatic amines is 2. The van der Waals surface area contributed by atoms with E-state index in [-0.39, 0.29) is 29.8 Å². The fourth-order valence-electron chi connectivity index (χ4n) is 6.91. The molecular formula is C37H50N8O7Si. The molecule has 0 spiro atoms. The largest absolute Gasteiger partial charge is 0.453 e. The zero-order chi connectivity index (χ0) is 38.4. The van der Waals surface area contributed by atoms with Crippen LogP contribution in [0.25, 0.3) is 11.3 Å². The number of benzene rings is 1. The third-order valence-electron chi connectivity index (χ3n) is 9.86. The predicted molar refractivity (Wildman–Crippen MR) is 199 cm³/mol. The second-order valence-electron chi connectivity index (χ2n) is 14.6. The SMILES string of the molecule is COC(=O)N[C@H](C(=O)N1C[Si](C)(C)C[C@H]1c1ncc(C#Cc2ccc(-c3cnc([C@@H]4CCCN4C(=O)[C@@H](NC(=O)OC)C(C)OC)[nH]3)cc2)[nH]1)C(C)C. The number of alkyl carbamates (subject to hydrolysis) is 2. The molecule has 4 heterocycles. The number of aromatic nitrogens is 4. The number of carbonyl (C=O) groups excluding carboxylic acids is 4. The molecule has 4 amide bonds. The van der Waals surface area contributed by atoms with E-state index >= 15 is 0 Å². The molecule has 16 heteroatoms. The summed E-state index contributed by atoms with van der Waals surface area (Å²) in [4.78, 5) is 70.8. The summed E-state index contributed by atoms with van der Waals surface area (Å²) in [6, 6.07) is 6.47. The highest BCUT2D eigenvalue weighted by Gasteiger charge is 2.46. The molecule has 0 saturated carbocycles. The van der Waals surface area contributed by atoms with Gasteiger partial charge in [0.25, 0.3) is 0 Å². The van der Waals surface area contributed by atoms with E-state index in [1.54, 1.807) is 24.2 Å². The number of hydrogen-bond donors (Lipinski definition) is 4. The van der Waals surface area contributed by atoms with Gasteiger partial charge in [0, 0.05) is 25.4 Å². The Bertz CT molecular complexity index is 1850. The fraction of sp³-hybridized carbons (Fsp3) is 0.514. The van der Waals surface area contributed by atoms with Crippen LogP contribution in [0.2, 0.25) is 19.1 Å². The second-order valence-corrected chi connectivity index (χ2v) is 19.7. The number of nitrogens with one attached hydrogen (secondary N) is 4. The first kappa shape index (κ1) is 39.1. The van der Waals surface area contributed by atoms with Crippen molar-refractivity contribution in [2.75, 3.05) is 34.0 Å². The summed E-state index contributed by atoms with van der Waals surface area (Å²) < 4.78 is 14.9. The van der Waals surface area contributed by atoms with Gasteiger partial charge in [-0.1, -0.05) is 45.0 Å². The number of likely N-dealkylation sites (tertiary alicyclic amines) is 1. The Balaban J connectivity index is 1.26. The summed E-state index contributed by atoms with van der Waals surface area (Å²) in [7, 11) is 2.28. The van der Waals surface area contributed by atoms with Crippen LogP contribution in [0, 0.1) is 17.8 Å². The third-order valence-corrected chi connectivity index (χ3v) is 12.5. The molecule has 1 aromatic carbocycles. The molecule has 4 N–H and O–H groups in total. The van der Waals surface area contributed by atoms with Crippen LogP contribution in [0.1, 0.15) is 68.6 Å². The normalized spacial score (nSPS) is 19.6. The van der Waals surface area contributed by atoms with Gasteiger partial charge in [0.15, 0.2) is 0 Å². The van der Waals surface area contributed by atoms with Gasteiger partial charge in [-0.25, -0.2) is 19.6 Å². The first-order valence-corrected chi connectivity index (χ1v) is 21.2. The Kier molecular flexibility index (Phi) is 12.3. The van der Waals surface area contributed by atoms with Gasteiger partial charge in [-0.3, -0.25) is 9.59 Å². The van der Waals surface area contributed by atoms with Gasteiger partial charge in [0.1, 0.15) is 29.4 Å². The number of rotatable bonds is 10. The lowest BCUT2D eigenvalue weighted by Gasteiger charge is -2.30. The summed E-state index contributed by atoms with van der Waals surface area (Å²) in [5.74, 6) is 7.17. The number of H-pyrrole nitrogens is 2. The number of nitrogens with zero attached hydrogens (tertiary/aromatic N) is 4. The molecule has 2 saturated heterocycles. The first-order chi connectivity index (χ1) is 25.2. The van der Waals surface area contributed by atoms with Gasteiger partial charge in [0.05, 0.1) is 58.6 Å². The molecule has 0 aliphatic carbocycles. The number of carbonyl (C=O) groups is 4. The highest BCUT2D eigenvalue weighted by atomic mass is 28.3. The number of amides is 4. The maximum atomic E-state index is 13.7. The Hall–Kier alpha value is -5.14. The van der Waals surface area contributed by atoms with Crippen molar-refractivity contribution in [2.45, 2.75) is 83.0 Å². The minimum Gasteiger partial charge on any atom is -0.453 e. The molecule has 2 aliphatic heterocycles. The van der Waals surface area contributed by atoms with E-state index in [9.17, 15) is 19.2 Å². The molecule has 2 fully saturated rings. The van der Waals surface area contributed by atoms with Gasteiger partial charge >= 0.3 is 12.2 Å². The zero-order valence-corrected chi connectivity index (χ0v) is 32.6. The van der Waals surface area contributed by atoms with E-state index in [0.29, 0.717) is 30.1 Å². The van der Waals surface area contributed by atoms with Crippen LogP contribution in [0.15, 0.2) is 36.7 Å². The lowest BCUT2D eigenvalue weighted by Crippen LogP contribution is -2.54. The van der Waals surface area contributed by atoms with Gasteiger partial charge in [-0.05, 0) is 55.3 Å². The predicted octanol–water partition coefficient (Wildman–Crippen LogP) is 4.13. The zero-order valence-electron chi connectivity index (χ0n) is 31.6. The lowest BCUT2D eigenvalue weighted by molar-refractivity contribution is -0.137. The van der Waals surface area contributed by atoms with Crippen LogP contribution in [0.4, 0.5) is 9.59 Å². The number of methoxy groups -OCH3 is 3. The molecule has 53 heavy (non-hydrogen) atoms. The lowest BCUT2D eigenvalue weighted by atomic mass is 10.0. The topological polar surface area (TPSA) is 184 Å². The minimum atomic E-state index is -1.75. The van der Waals surface area contributed by atoms with Crippen molar-refractivity contribution < 1.29 is 33.4 Å². The van der Waals surface area contributed by atoms with Crippen LogP contribution in [-0.4, -0.2) is 114 Å². The highest BCUT2D eigenvalue weighted by molar-refractivity contribution is 6.78. The molecule has 2 aromatic heterocycles. The van der Waals surface area contributed by atoms with E-state index < -0.39 is 38.4 Å². The Labute approximate surface area is 311 Å². The smallest absolute Gasteiger partial charge is 0.407 e. The van der Waals surface area contributed by atoms with Crippen LogP contribution >= 0.6 is 0 Å². The quantitative estimate of drug-likeness (QED) is 0.175. The summed E-state index contributed by atoms with van der Waals surface area (Å²) in [5, 5.41) is 5.31. The molecule has 15 nitrogen and oxygen atoms in total. The van der Waals surface area contributed by atoms with Crippen LogP contribution in [-0.2, 0) is 23.8 Å². The maximum absolute atomic E-state index is 13.7.